The molecule has 0 aliphatic carbocycles. The first-order valence-corrected chi connectivity index (χ1v) is 16.2. The molecule has 3 rings (SSSR count). The highest BCUT2D eigenvalue weighted by Gasteiger charge is 2.29. The molecule has 0 heterocycles. The van der Waals surface area contributed by atoms with E-state index in [1.54, 1.807) is 0 Å². The molecule has 3 aromatic carbocycles. The molecular weight excluding hydrogens is 479 g/mol. The third-order valence-electron chi connectivity index (χ3n) is 6.87. The quantitative estimate of drug-likeness (QED) is 0.143. The molecule has 2 heteroatoms. The second-order valence-corrected chi connectivity index (χ2v) is 12.8. The first-order valence-electron chi connectivity index (χ1n) is 14.5. The molecule has 200 valence electrons. The Labute approximate surface area is 231 Å². The van der Waals surface area contributed by atoms with Crippen LogP contribution in [0.4, 0.5) is 0 Å². The molecule has 3 aromatic rings. The van der Waals surface area contributed by atoms with Crippen molar-refractivity contribution in [1.29, 1.82) is 0 Å². The lowest BCUT2D eigenvalue weighted by Crippen LogP contribution is -2.25. The summed E-state index contributed by atoms with van der Waals surface area (Å²) >= 11 is 0. The van der Waals surface area contributed by atoms with Crippen LogP contribution in [0.3, 0.4) is 0 Å². The van der Waals surface area contributed by atoms with Crippen LogP contribution in [0, 0.1) is 0 Å². The highest BCUT2D eigenvalue weighted by Crippen LogP contribution is 2.42. The molecule has 0 unspecified atom stereocenters. The lowest BCUT2D eigenvalue weighted by atomic mass is 10.1. The second kappa shape index (κ2) is 16.2. The predicted octanol–water partition coefficient (Wildman–Crippen LogP) is 9.94. The maximum Gasteiger partial charge on any atom is 0.171 e. The van der Waals surface area contributed by atoms with Gasteiger partial charge in [0.2, 0.25) is 0 Å². The third-order valence-corrected chi connectivity index (χ3v) is 9.95. The van der Waals surface area contributed by atoms with E-state index < -0.39 is 7.14 Å². The molecule has 0 radical (unpaired) electrons. The van der Waals surface area contributed by atoms with E-state index in [1.165, 1.54) is 38.5 Å². The number of hydrogen-bond donors (Lipinski definition) is 0. The van der Waals surface area contributed by atoms with E-state index in [2.05, 4.69) is 130 Å². The fraction of sp³-hybridized carbons (Fsp3) is 0.333. The molecule has 0 aliphatic rings. The second-order valence-electron chi connectivity index (χ2n) is 10.0. The topological polar surface area (TPSA) is 17.1 Å². The van der Waals surface area contributed by atoms with Crippen molar-refractivity contribution < 1.29 is 4.57 Å². The Kier molecular flexibility index (Phi) is 12.6. The van der Waals surface area contributed by atoms with Gasteiger partial charge in [0.25, 0.3) is 0 Å². The minimum Gasteiger partial charge on any atom is -0.309 e. The molecule has 0 fully saturated rings. The van der Waals surface area contributed by atoms with E-state index in [0.717, 1.165) is 51.9 Å². The smallest absolute Gasteiger partial charge is 0.171 e. The summed E-state index contributed by atoms with van der Waals surface area (Å²) in [6, 6.07) is 24.9. The summed E-state index contributed by atoms with van der Waals surface area (Å²) in [4.78, 5) is 0. The molecule has 0 N–H and O–H groups in total. The van der Waals surface area contributed by atoms with E-state index >= 15 is 0 Å². The molecule has 0 aromatic heterocycles. The fourth-order valence-electron chi connectivity index (χ4n) is 4.46. The van der Waals surface area contributed by atoms with Gasteiger partial charge in [-0.3, -0.25) is 0 Å². The van der Waals surface area contributed by atoms with Crippen molar-refractivity contribution in [1.82, 2.24) is 0 Å². The van der Waals surface area contributed by atoms with Crippen LogP contribution in [-0.4, -0.2) is 0 Å². The highest BCUT2D eigenvalue weighted by molar-refractivity contribution is 7.85. The van der Waals surface area contributed by atoms with Crippen LogP contribution in [-0.2, 0) is 4.57 Å². The summed E-state index contributed by atoms with van der Waals surface area (Å²) in [5.41, 5.74) is 3.45. The van der Waals surface area contributed by atoms with Crippen LogP contribution in [0.2, 0.25) is 0 Å². The summed E-state index contributed by atoms with van der Waals surface area (Å²) in [6.07, 6.45) is 23.7. The number of rotatable bonds is 15. The van der Waals surface area contributed by atoms with Crippen molar-refractivity contribution in [2.45, 2.75) is 78.6 Å². The summed E-state index contributed by atoms with van der Waals surface area (Å²) < 4.78 is 15.0. The molecule has 0 saturated carbocycles. The van der Waals surface area contributed by atoms with Gasteiger partial charge in [0.15, 0.2) is 7.14 Å². The Morgan fingerprint density at radius 1 is 0.474 bits per heavy atom. The standard InChI is InChI=1S/C36H45OP/c1-4-7-10-13-16-31-19-25-34(26-20-31)38(37,35-27-21-32(22-28-35)17-14-11-8-5-2)36-29-23-33(24-30-36)18-15-12-9-6-3/h13-30H,4-12H2,1-3H3/b16-13+,17-14+,18-15+. The number of hydrogen-bond acceptors (Lipinski definition) is 1. The van der Waals surface area contributed by atoms with Gasteiger partial charge in [-0.15, -0.1) is 0 Å². The lowest BCUT2D eigenvalue weighted by molar-refractivity contribution is 0.592. The molecule has 0 spiro atoms. The Morgan fingerprint density at radius 2 is 0.737 bits per heavy atom. The van der Waals surface area contributed by atoms with Gasteiger partial charge >= 0.3 is 0 Å². The maximum absolute atomic E-state index is 15.0. The van der Waals surface area contributed by atoms with Gasteiger partial charge in [0.1, 0.15) is 0 Å². The van der Waals surface area contributed by atoms with Crippen molar-refractivity contribution in [2.24, 2.45) is 0 Å². The van der Waals surface area contributed by atoms with E-state index in [-0.39, 0.29) is 0 Å². The Hall–Kier alpha value is -2.89. The molecule has 0 saturated heterocycles. The predicted molar refractivity (Wildman–Crippen MR) is 172 cm³/mol. The van der Waals surface area contributed by atoms with E-state index in [0.29, 0.717) is 0 Å². The normalized spacial score (nSPS) is 12.3. The van der Waals surface area contributed by atoms with Crippen molar-refractivity contribution in [3.8, 4) is 0 Å². The van der Waals surface area contributed by atoms with Gasteiger partial charge in [-0.2, -0.15) is 0 Å². The average molecular weight is 525 g/mol. The molecule has 0 amide bonds. The minimum absolute atomic E-state index is 0.876. The third kappa shape index (κ3) is 8.57. The first kappa shape index (κ1) is 29.7. The van der Waals surface area contributed by atoms with E-state index in [4.69, 9.17) is 0 Å². The SMILES string of the molecule is CCCC/C=C/c1ccc(P(=O)(c2ccc(/C=C/CCCC)cc2)c2ccc(/C=C/CCCC)cc2)cc1. The van der Waals surface area contributed by atoms with Crippen LogP contribution in [0.25, 0.3) is 18.2 Å². The summed E-state index contributed by atoms with van der Waals surface area (Å²) in [6.45, 7) is 6.64. The number of allylic oxidation sites excluding steroid dienone is 3. The fourth-order valence-corrected chi connectivity index (χ4v) is 7.06. The zero-order valence-electron chi connectivity index (χ0n) is 23.6. The van der Waals surface area contributed by atoms with Crippen LogP contribution >= 0.6 is 7.14 Å². The van der Waals surface area contributed by atoms with Crippen LogP contribution in [0.1, 0.15) is 95.2 Å². The molecule has 0 aliphatic heterocycles. The Morgan fingerprint density at radius 3 is 0.974 bits per heavy atom. The number of benzene rings is 3. The van der Waals surface area contributed by atoms with Gasteiger partial charge in [-0.25, -0.2) is 0 Å². The molecule has 0 atom stereocenters. The highest BCUT2D eigenvalue weighted by atomic mass is 31.2. The van der Waals surface area contributed by atoms with Crippen LogP contribution in [0.15, 0.2) is 91.0 Å². The molecular formula is C36H45OP. The van der Waals surface area contributed by atoms with Crippen LogP contribution < -0.4 is 15.9 Å². The van der Waals surface area contributed by atoms with Crippen molar-refractivity contribution in [3.05, 3.63) is 108 Å². The van der Waals surface area contributed by atoms with Gasteiger partial charge < -0.3 is 4.57 Å². The lowest BCUT2D eigenvalue weighted by Gasteiger charge is -2.20. The van der Waals surface area contributed by atoms with Crippen molar-refractivity contribution in [2.75, 3.05) is 0 Å². The first-order chi connectivity index (χ1) is 18.6. The molecule has 1 nitrogen and oxygen atoms in total. The Bertz CT molecular complexity index is 1060. The molecule has 0 bridgehead atoms. The van der Waals surface area contributed by atoms with Crippen LogP contribution in [0.5, 0.6) is 0 Å². The largest absolute Gasteiger partial charge is 0.309 e. The zero-order valence-corrected chi connectivity index (χ0v) is 24.5. The summed E-state index contributed by atoms with van der Waals surface area (Å²) in [5.74, 6) is 0. The average Bonchev–Trinajstić information content (AvgIpc) is 2.96. The minimum atomic E-state index is -3.02. The maximum atomic E-state index is 15.0. The monoisotopic (exact) mass is 524 g/mol. The van der Waals surface area contributed by atoms with E-state index in [1.807, 2.05) is 0 Å². The van der Waals surface area contributed by atoms with E-state index in [9.17, 15) is 4.57 Å². The van der Waals surface area contributed by atoms with Gasteiger partial charge in [0.05, 0.1) is 0 Å². The summed E-state index contributed by atoms with van der Waals surface area (Å²) in [7, 11) is -3.02. The Balaban J connectivity index is 1.94. The van der Waals surface area contributed by atoms with Gasteiger partial charge in [0, 0.05) is 15.9 Å². The van der Waals surface area contributed by atoms with Gasteiger partial charge in [-0.1, -0.05) is 169 Å². The van der Waals surface area contributed by atoms with Gasteiger partial charge in [-0.05, 0) is 36.0 Å². The van der Waals surface area contributed by atoms with Crippen molar-refractivity contribution >= 4 is 41.3 Å². The number of unbranched alkanes of at least 4 members (excludes halogenated alkanes) is 6. The zero-order chi connectivity index (χ0) is 27.1. The van der Waals surface area contributed by atoms with Crippen molar-refractivity contribution in [3.63, 3.8) is 0 Å². The molecule has 38 heavy (non-hydrogen) atoms. The summed E-state index contributed by atoms with van der Waals surface area (Å²) in [5, 5.41) is 2.63.